The molecule has 1 aliphatic heterocycles. The summed E-state index contributed by atoms with van der Waals surface area (Å²) in [7, 11) is 0. The number of carbonyl (C=O) groups is 1. The van der Waals surface area contributed by atoms with Crippen molar-refractivity contribution in [1.82, 2.24) is 4.90 Å². The van der Waals surface area contributed by atoms with Crippen LogP contribution in [0.5, 0.6) is 0 Å². The first kappa shape index (κ1) is 13.3. The fourth-order valence-electron chi connectivity index (χ4n) is 1.94. The molecule has 2 rings (SSSR count). The van der Waals surface area contributed by atoms with Gasteiger partial charge >= 0.3 is 0 Å². The third kappa shape index (κ3) is 3.41. The van der Waals surface area contributed by atoms with Crippen molar-refractivity contribution in [2.45, 2.75) is 12.5 Å². The number of benzene rings is 1. The molecular weight excluding hydrogens is 259 g/mol. The molecule has 1 atom stereocenters. The Labute approximate surface area is 109 Å². The van der Waals surface area contributed by atoms with Gasteiger partial charge in [0, 0.05) is 13.1 Å². The van der Waals surface area contributed by atoms with Gasteiger partial charge in [-0.05, 0) is 24.6 Å². The van der Waals surface area contributed by atoms with Crippen LogP contribution in [-0.2, 0) is 4.79 Å². The summed E-state index contributed by atoms with van der Waals surface area (Å²) in [6.07, 6.45) is 0.331. The Morgan fingerprint density at radius 2 is 2.39 bits per heavy atom. The molecule has 6 heteroatoms. The molecule has 1 aliphatic rings. The van der Waals surface area contributed by atoms with Crippen molar-refractivity contribution in [3.05, 3.63) is 29.0 Å². The Balaban J connectivity index is 1.91. The van der Waals surface area contributed by atoms with Crippen LogP contribution in [0.1, 0.15) is 6.42 Å². The first-order chi connectivity index (χ1) is 8.54. The molecule has 0 radical (unpaired) electrons. The van der Waals surface area contributed by atoms with Crippen LogP contribution in [0.15, 0.2) is 18.2 Å². The van der Waals surface area contributed by atoms with E-state index in [1.54, 1.807) is 0 Å². The van der Waals surface area contributed by atoms with Gasteiger partial charge in [0.25, 0.3) is 0 Å². The van der Waals surface area contributed by atoms with E-state index in [9.17, 15) is 14.3 Å². The number of aliphatic hydroxyl groups is 1. The first-order valence-electron chi connectivity index (χ1n) is 5.70. The molecule has 0 saturated carbocycles. The van der Waals surface area contributed by atoms with Gasteiger partial charge in [-0.25, -0.2) is 4.39 Å². The van der Waals surface area contributed by atoms with Crippen LogP contribution in [0.3, 0.4) is 0 Å². The average molecular weight is 273 g/mol. The number of halogens is 2. The van der Waals surface area contributed by atoms with Gasteiger partial charge < -0.3 is 10.4 Å². The zero-order chi connectivity index (χ0) is 13.1. The molecular formula is C12H14ClFN2O2. The topological polar surface area (TPSA) is 52.6 Å². The first-order valence-corrected chi connectivity index (χ1v) is 6.08. The molecule has 98 valence electrons. The molecule has 0 bridgehead atoms. The van der Waals surface area contributed by atoms with Gasteiger partial charge in [0.2, 0.25) is 5.91 Å². The number of amides is 1. The molecule has 1 aromatic carbocycles. The van der Waals surface area contributed by atoms with Crippen LogP contribution in [0.4, 0.5) is 10.1 Å². The molecule has 1 fully saturated rings. The lowest BCUT2D eigenvalue weighted by Gasteiger charge is -2.14. The van der Waals surface area contributed by atoms with Crippen molar-refractivity contribution in [2.75, 3.05) is 25.0 Å². The Morgan fingerprint density at radius 1 is 1.61 bits per heavy atom. The second kappa shape index (κ2) is 5.65. The number of likely N-dealkylation sites (tertiary alicyclic amines) is 1. The molecule has 0 spiro atoms. The molecule has 1 heterocycles. The van der Waals surface area contributed by atoms with E-state index in [1.165, 1.54) is 12.1 Å². The third-order valence-corrected chi connectivity index (χ3v) is 3.13. The standard InChI is InChI=1S/C12H14ClFN2O2/c13-10-5-8(14)1-2-11(10)15-12(18)7-16-4-3-9(17)6-16/h1-2,5,9,17H,3-4,6-7H2,(H,15,18). The third-order valence-electron chi connectivity index (χ3n) is 2.82. The monoisotopic (exact) mass is 272 g/mol. The predicted molar refractivity (Wildman–Crippen MR) is 67.1 cm³/mol. The maximum absolute atomic E-state index is 12.8. The minimum absolute atomic E-state index is 0.171. The van der Waals surface area contributed by atoms with Crippen LogP contribution < -0.4 is 5.32 Å². The fraction of sp³-hybridized carbons (Fsp3) is 0.417. The predicted octanol–water partition coefficient (Wildman–Crippen LogP) is 1.48. The number of hydrogen-bond donors (Lipinski definition) is 2. The summed E-state index contributed by atoms with van der Waals surface area (Å²) in [5.74, 6) is -0.668. The average Bonchev–Trinajstić information content (AvgIpc) is 2.68. The molecule has 1 saturated heterocycles. The second-order valence-corrected chi connectivity index (χ2v) is 4.76. The molecule has 2 N–H and O–H groups in total. The lowest BCUT2D eigenvalue weighted by atomic mass is 10.3. The highest BCUT2D eigenvalue weighted by molar-refractivity contribution is 6.33. The quantitative estimate of drug-likeness (QED) is 0.876. The highest BCUT2D eigenvalue weighted by atomic mass is 35.5. The highest BCUT2D eigenvalue weighted by Crippen LogP contribution is 2.22. The number of carbonyl (C=O) groups excluding carboxylic acids is 1. The normalized spacial score (nSPS) is 20.1. The Hall–Kier alpha value is -1.17. The molecule has 1 amide bonds. The number of β-amino-alcohol motifs (C(OH)–C–C–N with tert-alkyl or cyclic N) is 1. The van der Waals surface area contributed by atoms with E-state index in [0.717, 1.165) is 6.07 Å². The van der Waals surface area contributed by atoms with Gasteiger partial charge in [0.05, 0.1) is 23.4 Å². The SMILES string of the molecule is O=C(CN1CCC(O)C1)Nc1ccc(F)cc1Cl. The van der Waals surface area contributed by atoms with Crippen molar-refractivity contribution in [3.63, 3.8) is 0 Å². The van der Waals surface area contributed by atoms with Crippen LogP contribution in [0.2, 0.25) is 5.02 Å². The van der Waals surface area contributed by atoms with Crippen molar-refractivity contribution < 1.29 is 14.3 Å². The summed E-state index contributed by atoms with van der Waals surface area (Å²) < 4.78 is 12.8. The van der Waals surface area contributed by atoms with Crippen molar-refractivity contribution in [3.8, 4) is 0 Å². The maximum atomic E-state index is 12.8. The number of rotatable bonds is 3. The summed E-state index contributed by atoms with van der Waals surface area (Å²) in [4.78, 5) is 13.6. The lowest BCUT2D eigenvalue weighted by Crippen LogP contribution is -2.32. The van der Waals surface area contributed by atoms with Crippen molar-refractivity contribution >= 4 is 23.2 Å². The van der Waals surface area contributed by atoms with E-state index in [4.69, 9.17) is 11.6 Å². The minimum atomic E-state index is -0.444. The summed E-state index contributed by atoms with van der Waals surface area (Å²) in [6.45, 7) is 1.40. The molecule has 1 aromatic rings. The van der Waals surface area contributed by atoms with Gasteiger partial charge in [0.1, 0.15) is 5.82 Å². The molecule has 0 aromatic heterocycles. The minimum Gasteiger partial charge on any atom is -0.392 e. The van der Waals surface area contributed by atoms with E-state index in [0.29, 0.717) is 25.2 Å². The zero-order valence-corrected chi connectivity index (χ0v) is 10.5. The highest BCUT2D eigenvalue weighted by Gasteiger charge is 2.22. The van der Waals surface area contributed by atoms with Gasteiger partial charge in [-0.2, -0.15) is 0 Å². The van der Waals surface area contributed by atoms with E-state index >= 15 is 0 Å². The van der Waals surface area contributed by atoms with Gasteiger partial charge in [-0.3, -0.25) is 9.69 Å². The number of hydrogen-bond acceptors (Lipinski definition) is 3. The summed E-state index contributed by atoms with van der Waals surface area (Å²) in [5, 5.41) is 12.1. The number of anilines is 1. The van der Waals surface area contributed by atoms with Crippen LogP contribution >= 0.6 is 11.6 Å². The summed E-state index contributed by atoms with van der Waals surface area (Å²) in [5.41, 5.74) is 0.391. The van der Waals surface area contributed by atoms with Crippen LogP contribution in [0, 0.1) is 5.82 Å². The van der Waals surface area contributed by atoms with Crippen LogP contribution in [0.25, 0.3) is 0 Å². The molecule has 1 unspecified atom stereocenters. The zero-order valence-electron chi connectivity index (χ0n) is 9.70. The number of aliphatic hydroxyl groups excluding tert-OH is 1. The van der Waals surface area contributed by atoms with E-state index in [2.05, 4.69) is 5.32 Å². The Morgan fingerprint density at radius 3 is 3.00 bits per heavy atom. The van der Waals surface area contributed by atoms with Gasteiger partial charge in [0.15, 0.2) is 0 Å². The second-order valence-electron chi connectivity index (χ2n) is 4.35. The van der Waals surface area contributed by atoms with Crippen LogP contribution in [-0.4, -0.2) is 41.7 Å². The van der Waals surface area contributed by atoms with Crippen molar-refractivity contribution in [1.29, 1.82) is 0 Å². The van der Waals surface area contributed by atoms with Gasteiger partial charge in [-0.15, -0.1) is 0 Å². The Bertz CT molecular complexity index is 456. The number of nitrogens with one attached hydrogen (secondary N) is 1. The molecule has 0 aliphatic carbocycles. The largest absolute Gasteiger partial charge is 0.392 e. The van der Waals surface area contributed by atoms with Crippen molar-refractivity contribution in [2.24, 2.45) is 0 Å². The van der Waals surface area contributed by atoms with Gasteiger partial charge in [-0.1, -0.05) is 11.6 Å². The summed E-state index contributed by atoms with van der Waals surface area (Å²) in [6, 6.07) is 3.81. The maximum Gasteiger partial charge on any atom is 0.238 e. The Kier molecular flexibility index (Phi) is 4.16. The molecule has 4 nitrogen and oxygen atoms in total. The summed E-state index contributed by atoms with van der Waals surface area (Å²) >= 11 is 5.81. The van der Waals surface area contributed by atoms with E-state index < -0.39 is 5.82 Å². The number of nitrogens with zero attached hydrogens (tertiary/aromatic N) is 1. The van der Waals surface area contributed by atoms with E-state index in [-0.39, 0.29) is 23.6 Å². The van der Waals surface area contributed by atoms with E-state index in [1.807, 2.05) is 4.90 Å². The smallest absolute Gasteiger partial charge is 0.238 e. The fourth-order valence-corrected chi connectivity index (χ4v) is 2.15. The lowest BCUT2D eigenvalue weighted by molar-refractivity contribution is -0.117. The molecule has 18 heavy (non-hydrogen) atoms.